The Labute approximate surface area is 137 Å². The number of hydrogen-bond acceptors (Lipinski definition) is 5. The SMILES string of the molecule is CC1(C)OB(/C(C=NCc2cccc(C#N)c2)=C/N)OC1(C)C. The molecule has 1 aliphatic rings. The van der Waals surface area contributed by atoms with Crippen LogP contribution in [0.4, 0.5) is 0 Å². The van der Waals surface area contributed by atoms with E-state index >= 15 is 0 Å². The highest BCUT2D eigenvalue weighted by atomic mass is 16.7. The molecule has 1 heterocycles. The Morgan fingerprint density at radius 2 is 1.96 bits per heavy atom. The standard InChI is InChI=1S/C17H22BN3O2/c1-16(2)17(3,4)23-18(22-16)15(10-20)12-21-11-14-7-5-6-13(8-14)9-19/h5-8,10,12H,11,20H2,1-4H3/b15-10+,21-12?. The molecular weight excluding hydrogens is 289 g/mol. The molecule has 0 radical (unpaired) electrons. The Kier molecular flexibility index (Phi) is 4.93. The number of aliphatic imine (C=N–C) groups is 1. The highest BCUT2D eigenvalue weighted by molar-refractivity contribution is 6.60. The molecule has 0 bridgehead atoms. The van der Waals surface area contributed by atoms with Crippen molar-refractivity contribution < 1.29 is 9.31 Å². The van der Waals surface area contributed by atoms with Crippen LogP contribution in [-0.2, 0) is 15.9 Å². The van der Waals surface area contributed by atoms with Gasteiger partial charge in [-0.05, 0) is 51.6 Å². The van der Waals surface area contributed by atoms with Gasteiger partial charge in [0.05, 0.1) is 29.4 Å². The Bertz CT molecular complexity index is 659. The van der Waals surface area contributed by atoms with Gasteiger partial charge in [0.15, 0.2) is 0 Å². The van der Waals surface area contributed by atoms with Crippen LogP contribution in [0.5, 0.6) is 0 Å². The Hall–Kier alpha value is -2.10. The van der Waals surface area contributed by atoms with Gasteiger partial charge in [0.25, 0.3) is 0 Å². The molecule has 0 amide bonds. The van der Waals surface area contributed by atoms with Gasteiger partial charge in [0.1, 0.15) is 0 Å². The number of rotatable bonds is 4. The fourth-order valence-corrected chi connectivity index (χ4v) is 2.16. The first-order chi connectivity index (χ1) is 10.8. The van der Waals surface area contributed by atoms with Crippen LogP contribution >= 0.6 is 0 Å². The summed E-state index contributed by atoms with van der Waals surface area (Å²) in [6.07, 6.45) is 3.12. The summed E-state index contributed by atoms with van der Waals surface area (Å²) in [6.45, 7) is 8.43. The lowest BCUT2D eigenvalue weighted by molar-refractivity contribution is 0.00578. The van der Waals surface area contributed by atoms with Gasteiger partial charge < -0.3 is 15.0 Å². The molecule has 6 heteroatoms. The Morgan fingerprint density at radius 3 is 2.52 bits per heavy atom. The summed E-state index contributed by atoms with van der Waals surface area (Å²) in [4.78, 5) is 4.39. The molecule has 1 aromatic rings. The third-order valence-corrected chi connectivity index (χ3v) is 4.29. The van der Waals surface area contributed by atoms with Crippen LogP contribution in [-0.4, -0.2) is 24.5 Å². The lowest BCUT2D eigenvalue weighted by atomic mass is 9.79. The molecule has 5 nitrogen and oxygen atoms in total. The quantitative estimate of drug-likeness (QED) is 0.684. The van der Waals surface area contributed by atoms with E-state index in [2.05, 4.69) is 11.1 Å². The molecule has 1 saturated heterocycles. The van der Waals surface area contributed by atoms with Crippen LogP contribution in [0.3, 0.4) is 0 Å². The first-order valence-electron chi connectivity index (χ1n) is 7.55. The third-order valence-electron chi connectivity index (χ3n) is 4.29. The summed E-state index contributed by atoms with van der Waals surface area (Å²) < 4.78 is 11.9. The molecule has 2 rings (SSSR count). The van der Waals surface area contributed by atoms with Crippen LogP contribution in [0.15, 0.2) is 40.9 Å². The molecule has 0 aromatic heterocycles. The second-order valence-corrected chi connectivity index (χ2v) is 6.54. The summed E-state index contributed by atoms with van der Waals surface area (Å²) in [5, 5.41) is 8.91. The topological polar surface area (TPSA) is 80.6 Å². The molecule has 1 aromatic carbocycles. The zero-order valence-electron chi connectivity index (χ0n) is 14.0. The summed E-state index contributed by atoms with van der Waals surface area (Å²) in [5.74, 6) is 0. The van der Waals surface area contributed by atoms with Crippen LogP contribution in [0, 0.1) is 11.3 Å². The molecule has 1 aliphatic heterocycles. The maximum absolute atomic E-state index is 8.91. The van der Waals surface area contributed by atoms with Crippen LogP contribution in [0.1, 0.15) is 38.8 Å². The number of benzene rings is 1. The predicted molar refractivity (Wildman–Crippen MR) is 91.7 cm³/mol. The molecule has 0 aliphatic carbocycles. The van der Waals surface area contributed by atoms with Crippen molar-refractivity contribution >= 4 is 13.3 Å². The molecular formula is C17H22BN3O2. The highest BCUT2D eigenvalue weighted by Crippen LogP contribution is 2.38. The second kappa shape index (κ2) is 6.57. The van der Waals surface area contributed by atoms with E-state index in [1.807, 2.05) is 45.9 Å². The average molecular weight is 311 g/mol. The molecule has 2 N–H and O–H groups in total. The van der Waals surface area contributed by atoms with Gasteiger partial charge >= 0.3 is 7.12 Å². The molecule has 0 saturated carbocycles. The number of nitrogens with two attached hydrogens (primary N) is 1. The van der Waals surface area contributed by atoms with Gasteiger partial charge in [-0.1, -0.05) is 12.1 Å². The number of nitriles is 1. The highest BCUT2D eigenvalue weighted by Gasteiger charge is 2.52. The van der Waals surface area contributed by atoms with Crippen molar-refractivity contribution in [3.8, 4) is 6.07 Å². The normalized spacial score (nSPS) is 20.0. The smallest absolute Gasteiger partial charge is 0.405 e. The number of hydrogen-bond donors (Lipinski definition) is 1. The molecule has 120 valence electrons. The molecule has 1 fully saturated rings. The van der Waals surface area contributed by atoms with E-state index in [-0.39, 0.29) is 0 Å². The van der Waals surface area contributed by atoms with E-state index in [9.17, 15) is 0 Å². The van der Waals surface area contributed by atoms with Crippen molar-refractivity contribution in [1.29, 1.82) is 5.26 Å². The monoisotopic (exact) mass is 311 g/mol. The largest absolute Gasteiger partial charge is 0.497 e. The van der Waals surface area contributed by atoms with Crippen molar-refractivity contribution in [1.82, 2.24) is 0 Å². The fraction of sp³-hybridized carbons (Fsp3) is 0.412. The zero-order chi connectivity index (χ0) is 17.1. The summed E-state index contributed by atoms with van der Waals surface area (Å²) in [5.41, 5.74) is 7.13. The van der Waals surface area contributed by atoms with Crippen molar-refractivity contribution in [2.24, 2.45) is 10.7 Å². The lowest BCUT2D eigenvalue weighted by Gasteiger charge is -2.32. The van der Waals surface area contributed by atoms with Crippen LogP contribution in [0.25, 0.3) is 0 Å². The zero-order valence-corrected chi connectivity index (χ0v) is 14.0. The van der Waals surface area contributed by atoms with E-state index in [1.54, 1.807) is 12.3 Å². The van der Waals surface area contributed by atoms with Gasteiger partial charge in [-0.15, -0.1) is 0 Å². The van der Waals surface area contributed by atoms with E-state index < -0.39 is 18.3 Å². The van der Waals surface area contributed by atoms with Crippen LogP contribution < -0.4 is 5.73 Å². The average Bonchev–Trinajstić information content (AvgIpc) is 2.72. The van der Waals surface area contributed by atoms with E-state index in [0.717, 1.165) is 5.56 Å². The van der Waals surface area contributed by atoms with E-state index in [4.69, 9.17) is 20.3 Å². The number of allylic oxidation sites excluding steroid dienone is 1. The van der Waals surface area contributed by atoms with Crippen molar-refractivity contribution in [3.05, 3.63) is 47.1 Å². The molecule has 0 unspecified atom stereocenters. The van der Waals surface area contributed by atoms with E-state index in [0.29, 0.717) is 17.6 Å². The first-order valence-corrected chi connectivity index (χ1v) is 7.55. The van der Waals surface area contributed by atoms with Gasteiger partial charge in [-0.25, -0.2) is 0 Å². The van der Waals surface area contributed by atoms with Gasteiger partial charge in [-0.2, -0.15) is 5.26 Å². The minimum atomic E-state index is -0.529. The Balaban J connectivity index is 2.05. The van der Waals surface area contributed by atoms with E-state index in [1.165, 1.54) is 6.20 Å². The predicted octanol–water partition coefficient (Wildman–Crippen LogP) is 2.60. The van der Waals surface area contributed by atoms with Gasteiger partial charge in [0.2, 0.25) is 0 Å². The second-order valence-electron chi connectivity index (χ2n) is 6.54. The number of nitrogens with zero attached hydrogens (tertiary/aromatic N) is 2. The van der Waals surface area contributed by atoms with Crippen molar-refractivity contribution in [2.75, 3.05) is 0 Å². The molecule has 23 heavy (non-hydrogen) atoms. The van der Waals surface area contributed by atoms with Gasteiger partial charge in [0, 0.05) is 11.7 Å². The minimum Gasteiger partial charge on any atom is -0.405 e. The van der Waals surface area contributed by atoms with Crippen LogP contribution in [0.2, 0.25) is 0 Å². The maximum Gasteiger partial charge on any atom is 0.497 e. The fourth-order valence-electron chi connectivity index (χ4n) is 2.16. The molecule has 0 atom stereocenters. The van der Waals surface area contributed by atoms with Crippen molar-refractivity contribution in [3.63, 3.8) is 0 Å². The van der Waals surface area contributed by atoms with Gasteiger partial charge in [-0.3, -0.25) is 4.99 Å². The summed E-state index contributed by atoms with van der Waals surface area (Å²) >= 11 is 0. The van der Waals surface area contributed by atoms with Crippen molar-refractivity contribution in [2.45, 2.75) is 45.4 Å². The lowest BCUT2D eigenvalue weighted by Crippen LogP contribution is -2.41. The minimum absolute atomic E-state index is 0.416. The summed E-state index contributed by atoms with van der Waals surface area (Å²) in [7, 11) is -0.529. The summed E-state index contributed by atoms with van der Waals surface area (Å²) in [6, 6.07) is 9.48. The Morgan fingerprint density at radius 1 is 1.30 bits per heavy atom. The maximum atomic E-state index is 8.91. The first kappa shape index (κ1) is 17.3. The molecule has 0 spiro atoms. The third kappa shape index (κ3) is 3.81.